The first-order chi connectivity index (χ1) is 9.56. The Kier molecular flexibility index (Phi) is 4.90. The quantitative estimate of drug-likeness (QED) is 0.862. The second-order valence-corrected chi connectivity index (χ2v) is 5.29. The Hall–Kier alpha value is -1.68. The number of likely N-dealkylation sites (tertiary alicyclic amines) is 1. The van der Waals surface area contributed by atoms with Crippen molar-refractivity contribution in [2.24, 2.45) is 5.92 Å². The fourth-order valence-corrected chi connectivity index (χ4v) is 2.45. The summed E-state index contributed by atoms with van der Waals surface area (Å²) in [6.07, 6.45) is 4.60. The summed E-state index contributed by atoms with van der Waals surface area (Å²) in [6.45, 7) is 3.17. The minimum absolute atomic E-state index is 0.0293. The zero-order valence-electron chi connectivity index (χ0n) is 11.6. The molecule has 3 nitrogen and oxygen atoms in total. The smallest absolute Gasteiger partial charge is 0.246 e. The molecule has 0 aromatic heterocycles. The number of aliphatic hydroxyl groups excluding tert-OH is 1. The fraction of sp³-hybridized carbons (Fsp3) is 0.438. The summed E-state index contributed by atoms with van der Waals surface area (Å²) in [5.74, 6) is -0.0211. The summed E-state index contributed by atoms with van der Waals surface area (Å²) < 4.78 is 12.8. The molecule has 0 aliphatic carbocycles. The monoisotopic (exact) mass is 277 g/mol. The van der Waals surface area contributed by atoms with Gasteiger partial charge in [-0.15, -0.1) is 0 Å². The van der Waals surface area contributed by atoms with E-state index in [2.05, 4.69) is 0 Å². The first kappa shape index (κ1) is 14.7. The van der Waals surface area contributed by atoms with Crippen molar-refractivity contribution in [3.63, 3.8) is 0 Å². The van der Waals surface area contributed by atoms with E-state index in [1.54, 1.807) is 30.0 Å². The van der Waals surface area contributed by atoms with E-state index in [4.69, 9.17) is 0 Å². The topological polar surface area (TPSA) is 40.5 Å². The molecule has 108 valence electrons. The molecule has 1 amide bonds. The maximum absolute atomic E-state index is 12.8. The van der Waals surface area contributed by atoms with Crippen LogP contribution in [0, 0.1) is 11.7 Å². The molecule has 1 saturated heterocycles. The number of carbonyl (C=O) groups excluding carboxylic acids is 1. The molecule has 1 atom stereocenters. The SMILES string of the molecule is CC(O)C1CCN(C(=O)C=Cc2ccc(F)cc2)CC1. The standard InChI is InChI=1S/C16H20FNO2/c1-12(19)14-8-10-18(11-9-14)16(20)7-4-13-2-5-15(17)6-3-13/h2-7,12,14,19H,8-11H2,1H3. The van der Waals surface area contributed by atoms with Crippen molar-refractivity contribution >= 4 is 12.0 Å². The fourth-order valence-electron chi connectivity index (χ4n) is 2.45. The average molecular weight is 277 g/mol. The van der Waals surface area contributed by atoms with E-state index in [1.807, 2.05) is 0 Å². The summed E-state index contributed by atoms with van der Waals surface area (Å²) >= 11 is 0. The normalized spacial score (nSPS) is 18.4. The molecular formula is C16H20FNO2. The van der Waals surface area contributed by atoms with E-state index in [9.17, 15) is 14.3 Å². The van der Waals surface area contributed by atoms with Crippen molar-refractivity contribution in [1.82, 2.24) is 4.90 Å². The molecule has 1 aromatic carbocycles. The Morgan fingerprint density at radius 3 is 2.50 bits per heavy atom. The van der Waals surface area contributed by atoms with Crippen LogP contribution in [-0.2, 0) is 4.79 Å². The summed E-state index contributed by atoms with van der Waals surface area (Å²) in [6, 6.07) is 6.02. The van der Waals surface area contributed by atoms with Gasteiger partial charge in [-0.2, -0.15) is 0 Å². The van der Waals surface area contributed by atoms with Crippen LogP contribution in [0.25, 0.3) is 6.08 Å². The van der Waals surface area contributed by atoms with Crippen LogP contribution in [0.5, 0.6) is 0 Å². The van der Waals surface area contributed by atoms with Gasteiger partial charge in [0, 0.05) is 19.2 Å². The van der Waals surface area contributed by atoms with Crippen molar-refractivity contribution in [2.75, 3.05) is 13.1 Å². The minimum atomic E-state index is -0.304. The predicted octanol–water partition coefficient (Wildman–Crippen LogP) is 2.46. The second-order valence-electron chi connectivity index (χ2n) is 5.29. The number of amides is 1. The molecule has 0 saturated carbocycles. The molecule has 1 unspecified atom stereocenters. The molecule has 1 heterocycles. The maximum Gasteiger partial charge on any atom is 0.246 e. The van der Waals surface area contributed by atoms with Crippen molar-refractivity contribution in [2.45, 2.75) is 25.9 Å². The van der Waals surface area contributed by atoms with Gasteiger partial charge in [-0.25, -0.2) is 4.39 Å². The molecular weight excluding hydrogens is 257 g/mol. The number of piperidine rings is 1. The van der Waals surface area contributed by atoms with E-state index < -0.39 is 0 Å². The van der Waals surface area contributed by atoms with Gasteiger partial charge in [-0.05, 0) is 49.5 Å². The first-order valence-corrected chi connectivity index (χ1v) is 6.97. The van der Waals surface area contributed by atoms with Gasteiger partial charge in [-0.3, -0.25) is 4.79 Å². The van der Waals surface area contributed by atoms with Crippen LogP contribution < -0.4 is 0 Å². The summed E-state index contributed by atoms with van der Waals surface area (Å²) in [4.78, 5) is 13.8. The van der Waals surface area contributed by atoms with Gasteiger partial charge in [0.2, 0.25) is 5.91 Å². The number of nitrogens with zero attached hydrogens (tertiary/aromatic N) is 1. The third kappa shape index (κ3) is 3.90. The minimum Gasteiger partial charge on any atom is -0.393 e. The van der Waals surface area contributed by atoms with Gasteiger partial charge in [0.25, 0.3) is 0 Å². The number of halogens is 1. The van der Waals surface area contributed by atoms with Gasteiger partial charge < -0.3 is 10.0 Å². The van der Waals surface area contributed by atoms with Crippen LogP contribution in [0.3, 0.4) is 0 Å². The van der Waals surface area contributed by atoms with E-state index in [1.165, 1.54) is 18.2 Å². The molecule has 0 spiro atoms. The molecule has 1 aromatic rings. The zero-order chi connectivity index (χ0) is 14.5. The third-order valence-electron chi connectivity index (χ3n) is 3.82. The number of benzene rings is 1. The molecule has 20 heavy (non-hydrogen) atoms. The van der Waals surface area contributed by atoms with E-state index in [-0.39, 0.29) is 17.8 Å². The number of carbonyl (C=O) groups is 1. The number of rotatable bonds is 3. The van der Waals surface area contributed by atoms with Gasteiger partial charge in [-0.1, -0.05) is 12.1 Å². The molecule has 1 aliphatic heterocycles. The molecule has 1 fully saturated rings. The maximum atomic E-state index is 12.8. The highest BCUT2D eigenvalue weighted by molar-refractivity contribution is 5.91. The zero-order valence-corrected chi connectivity index (χ0v) is 11.6. The predicted molar refractivity (Wildman–Crippen MR) is 76.4 cm³/mol. The first-order valence-electron chi connectivity index (χ1n) is 6.97. The van der Waals surface area contributed by atoms with E-state index in [0.29, 0.717) is 19.0 Å². The highest BCUT2D eigenvalue weighted by Crippen LogP contribution is 2.20. The van der Waals surface area contributed by atoms with Crippen LogP contribution in [-0.4, -0.2) is 35.1 Å². The average Bonchev–Trinajstić information content (AvgIpc) is 2.46. The van der Waals surface area contributed by atoms with Crippen LogP contribution >= 0.6 is 0 Å². The molecule has 2 rings (SSSR count). The Morgan fingerprint density at radius 2 is 1.95 bits per heavy atom. The van der Waals surface area contributed by atoms with Crippen molar-refractivity contribution in [1.29, 1.82) is 0 Å². The number of hydrogen-bond donors (Lipinski definition) is 1. The van der Waals surface area contributed by atoms with Crippen LogP contribution in [0.4, 0.5) is 4.39 Å². The lowest BCUT2D eigenvalue weighted by atomic mass is 9.92. The highest BCUT2D eigenvalue weighted by Gasteiger charge is 2.24. The highest BCUT2D eigenvalue weighted by atomic mass is 19.1. The molecule has 0 bridgehead atoms. The Labute approximate surface area is 118 Å². The van der Waals surface area contributed by atoms with Crippen LogP contribution in [0.1, 0.15) is 25.3 Å². The summed E-state index contributed by atoms with van der Waals surface area (Å²) in [7, 11) is 0. The summed E-state index contributed by atoms with van der Waals surface area (Å²) in [5, 5.41) is 9.53. The second kappa shape index (κ2) is 6.66. The number of aliphatic hydroxyl groups is 1. The molecule has 0 radical (unpaired) electrons. The van der Waals surface area contributed by atoms with Crippen LogP contribution in [0.2, 0.25) is 0 Å². The molecule has 1 N–H and O–H groups in total. The van der Waals surface area contributed by atoms with Crippen molar-refractivity contribution in [3.8, 4) is 0 Å². The van der Waals surface area contributed by atoms with Crippen molar-refractivity contribution < 1.29 is 14.3 Å². The van der Waals surface area contributed by atoms with E-state index in [0.717, 1.165) is 18.4 Å². The number of hydrogen-bond acceptors (Lipinski definition) is 2. The Balaban J connectivity index is 1.88. The third-order valence-corrected chi connectivity index (χ3v) is 3.82. The Morgan fingerprint density at radius 1 is 1.35 bits per heavy atom. The van der Waals surface area contributed by atoms with E-state index >= 15 is 0 Å². The largest absolute Gasteiger partial charge is 0.393 e. The van der Waals surface area contributed by atoms with Crippen molar-refractivity contribution in [3.05, 3.63) is 41.7 Å². The van der Waals surface area contributed by atoms with Gasteiger partial charge in [0.1, 0.15) is 5.82 Å². The molecule has 4 heteroatoms. The lowest BCUT2D eigenvalue weighted by Crippen LogP contribution is -2.39. The lowest BCUT2D eigenvalue weighted by Gasteiger charge is -2.32. The van der Waals surface area contributed by atoms with Crippen LogP contribution in [0.15, 0.2) is 30.3 Å². The Bertz CT molecular complexity index is 474. The van der Waals surface area contributed by atoms with Gasteiger partial charge >= 0.3 is 0 Å². The van der Waals surface area contributed by atoms with Gasteiger partial charge in [0.15, 0.2) is 0 Å². The van der Waals surface area contributed by atoms with Gasteiger partial charge in [0.05, 0.1) is 6.10 Å². The lowest BCUT2D eigenvalue weighted by molar-refractivity contribution is -0.127. The molecule has 1 aliphatic rings. The summed E-state index contributed by atoms with van der Waals surface area (Å²) in [5.41, 5.74) is 0.804.